The molecule has 0 spiro atoms. The van der Waals surface area contributed by atoms with E-state index < -0.39 is 5.54 Å². The Labute approximate surface area is 118 Å². The van der Waals surface area contributed by atoms with Gasteiger partial charge in [-0.1, -0.05) is 37.3 Å². The molecule has 1 heterocycles. The summed E-state index contributed by atoms with van der Waals surface area (Å²) in [6, 6.07) is 9.55. The number of carbonyl (C=O) groups excluding carboxylic acids is 1. The second-order valence-corrected chi connectivity index (χ2v) is 5.05. The zero-order valence-electron chi connectivity index (χ0n) is 11.7. The molecule has 0 saturated carbocycles. The summed E-state index contributed by atoms with van der Waals surface area (Å²) in [5.41, 5.74) is 1.43. The average molecular weight is 273 g/mol. The quantitative estimate of drug-likeness (QED) is 0.779. The van der Waals surface area contributed by atoms with Gasteiger partial charge in [-0.05, 0) is 13.3 Å². The van der Waals surface area contributed by atoms with Crippen LogP contribution in [0, 0.1) is 0 Å². The lowest BCUT2D eigenvalue weighted by molar-refractivity contribution is 0.0848. The van der Waals surface area contributed by atoms with Gasteiger partial charge >= 0.3 is 0 Å². The topological polar surface area (TPSA) is 78.0 Å². The number of hydrogen-bond donors (Lipinski definition) is 3. The highest BCUT2D eigenvalue weighted by Gasteiger charge is 2.25. The normalized spacial score (nSPS) is 13.8. The highest BCUT2D eigenvalue weighted by Crippen LogP contribution is 2.21. The molecule has 1 atom stereocenters. The Bertz CT molecular complexity index is 574. The third-order valence-electron chi connectivity index (χ3n) is 3.49. The largest absolute Gasteiger partial charge is 0.394 e. The van der Waals surface area contributed by atoms with Crippen molar-refractivity contribution in [2.24, 2.45) is 0 Å². The van der Waals surface area contributed by atoms with Gasteiger partial charge in [0.2, 0.25) is 0 Å². The number of aromatic nitrogens is 2. The third-order valence-corrected chi connectivity index (χ3v) is 3.49. The number of aliphatic hydroxyl groups is 1. The molecular formula is C15H19N3O2. The maximum Gasteiger partial charge on any atom is 0.255 e. The first-order valence-electron chi connectivity index (χ1n) is 6.62. The molecule has 2 rings (SSSR count). The van der Waals surface area contributed by atoms with E-state index in [-0.39, 0.29) is 12.5 Å². The first-order valence-corrected chi connectivity index (χ1v) is 6.62. The van der Waals surface area contributed by atoms with Gasteiger partial charge in [0.15, 0.2) is 0 Å². The minimum absolute atomic E-state index is 0.103. The molecule has 5 nitrogen and oxygen atoms in total. The maximum absolute atomic E-state index is 12.4. The molecule has 5 heteroatoms. The Morgan fingerprint density at radius 3 is 2.70 bits per heavy atom. The van der Waals surface area contributed by atoms with E-state index in [2.05, 4.69) is 15.5 Å². The van der Waals surface area contributed by atoms with Crippen LogP contribution in [0.4, 0.5) is 0 Å². The van der Waals surface area contributed by atoms with Crippen LogP contribution in [-0.4, -0.2) is 33.4 Å². The molecule has 1 aromatic heterocycles. The number of nitrogens with one attached hydrogen (secondary N) is 2. The summed E-state index contributed by atoms with van der Waals surface area (Å²) in [6.45, 7) is 3.63. The molecule has 2 aromatic rings. The Kier molecular flexibility index (Phi) is 4.20. The van der Waals surface area contributed by atoms with Crippen molar-refractivity contribution in [3.05, 3.63) is 42.1 Å². The van der Waals surface area contributed by atoms with Crippen molar-refractivity contribution in [1.82, 2.24) is 15.5 Å². The van der Waals surface area contributed by atoms with E-state index >= 15 is 0 Å². The second kappa shape index (κ2) is 5.88. The van der Waals surface area contributed by atoms with Gasteiger partial charge < -0.3 is 10.4 Å². The summed E-state index contributed by atoms with van der Waals surface area (Å²) < 4.78 is 0. The van der Waals surface area contributed by atoms with Crippen molar-refractivity contribution in [3.8, 4) is 11.3 Å². The van der Waals surface area contributed by atoms with Gasteiger partial charge in [-0.3, -0.25) is 9.89 Å². The van der Waals surface area contributed by atoms with Crippen molar-refractivity contribution in [2.75, 3.05) is 6.61 Å². The fourth-order valence-corrected chi connectivity index (χ4v) is 1.86. The minimum atomic E-state index is -0.623. The number of aliphatic hydroxyl groups excluding tert-OH is 1. The molecule has 1 aromatic carbocycles. The highest BCUT2D eigenvalue weighted by molar-refractivity contribution is 6.00. The smallest absolute Gasteiger partial charge is 0.255 e. The molecule has 1 amide bonds. The molecule has 0 fully saturated rings. The molecule has 0 aliphatic carbocycles. The zero-order valence-corrected chi connectivity index (χ0v) is 11.7. The van der Waals surface area contributed by atoms with Crippen LogP contribution >= 0.6 is 0 Å². The molecule has 1 unspecified atom stereocenters. The number of amides is 1. The van der Waals surface area contributed by atoms with Crippen LogP contribution in [0.2, 0.25) is 0 Å². The standard InChI is InChI=1S/C15H19N3O2/c1-3-15(2,10-19)17-14(20)12-9-16-18-13(12)11-7-5-4-6-8-11/h4-9,19H,3,10H2,1-2H3,(H,16,18)(H,17,20). The number of hydrogen-bond acceptors (Lipinski definition) is 3. The van der Waals surface area contributed by atoms with Gasteiger partial charge in [0.05, 0.1) is 29.6 Å². The molecule has 0 radical (unpaired) electrons. The van der Waals surface area contributed by atoms with Crippen LogP contribution in [0.15, 0.2) is 36.5 Å². The van der Waals surface area contributed by atoms with Gasteiger partial charge in [0.1, 0.15) is 0 Å². The van der Waals surface area contributed by atoms with Crippen molar-refractivity contribution < 1.29 is 9.90 Å². The van der Waals surface area contributed by atoms with Gasteiger partial charge in [0.25, 0.3) is 5.91 Å². The first kappa shape index (κ1) is 14.3. The molecular weight excluding hydrogens is 254 g/mol. The van der Waals surface area contributed by atoms with E-state index in [1.165, 1.54) is 6.20 Å². The fraction of sp³-hybridized carbons (Fsp3) is 0.333. The van der Waals surface area contributed by atoms with Crippen LogP contribution in [0.25, 0.3) is 11.3 Å². The second-order valence-electron chi connectivity index (χ2n) is 5.05. The van der Waals surface area contributed by atoms with E-state index in [1.807, 2.05) is 44.2 Å². The zero-order chi connectivity index (χ0) is 14.6. The number of nitrogens with zero attached hydrogens (tertiary/aromatic N) is 1. The van der Waals surface area contributed by atoms with Crippen LogP contribution in [0.3, 0.4) is 0 Å². The highest BCUT2D eigenvalue weighted by atomic mass is 16.3. The molecule has 20 heavy (non-hydrogen) atoms. The number of rotatable bonds is 5. The van der Waals surface area contributed by atoms with Crippen LogP contribution in [0.5, 0.6) is 0 Å². The van der Waals surface area contributed by atoms with Gasteiger partial charge in [-0.25, -0.2) is 0 Å². The monoisotopic (exact) mass is 273 g/mol. The summed E-state index contributed by atoms with van der Waals surface area (Å²) in [5, 5.41) is 19.0. The predicted octanol–water partition coefficient (Wildman–Crippen LogP) is 1.97. The van der Waals surface area contributed by atoms with E-state index in [4.69, 9.17) is 0 Å². The van der Waals surface area contributed by atoms with Crippen molar-refractivity contribution in [2.45, 2.75) is 25.8 Å². The summed E-state index contributed by atoms with van der Waals surface area (Å²) in [5.74, 6) is -0.240. The van der Waals surface area contributed by atoms with E-state index in [1.54, 1.807) is 0 Å². The average Bonchev–Trinajstić information content (AvgIpc) is 2.97. The van der Waals surface area contributed by atoms with Crippen LogP contribution < -0.4 is 5.32 Å². The van der Waals surface area contributed by atoms with E-state index in [9.17, 15) is 9.90 Å². The number of carbonyl (C=O) groups is 1. The first-order chi connectivity index (χ1) is 9.59. The van der Waals surface area contributed by atoms with E-state index in [0.717, 1.165) is 5.56 Å². The Morgan fingerprint density at radius 1 is 1.40 bits per heavy atom. The Balaban J connectivity index is 2.27. The molecule has 106 valence electrons. The molecule has 0 saturated heterocycles. The lowest BCUT2D eigenvalue weighted by atomic mass is 9.99. The summed E-state index contributed by atoms with van der Waals surface area (Å²) in [4.78, 5) is 12.4. The number of aromatic amines is 1. The summed E-state index contributed by atoms with van der Waals surface area (Å²) in [6.07, 6.45) is 2.15. The molecule has 0 bridgehead atoms. The van der Waals surface area contributed by atoms with Gasteiger partial charge in [-0.15, -0.1) is 0 Å². The van der Waals surface area contributed by atoms with E-state index in [0.29, 0.717) is 17.7 Å². The SMILES string of the molecule is CCC(C)(CO)NC(=O)c1cn[nH]c1-c1ccccc1. The van der Waals surface area contributed by atoms with Crippen molar-refractivity contribution in [1.29, 1.82) is 0 Å². The van der Waals surface area contributed by atoms with Gasteiger partial charge in [-0.2, -0.15) is 5.10 Å². The fourth-order valence-electron chi connectivity index (χ4n) is 1.86. The lowest BCUT2D eigenvalue weighted by Crippen LogP contribution is -2.48. The Hall–Kier alpha value is -2.14. The van der Waals surface area contributed by atoms with Crippen molar-refractivity contribution >= 4 is 5.91 Å². The number of H-pyrrole nitrogens is 1. The molecule has 3 N–H and O–H groups in total. The minimum Gasteiger partial charge on any atom is -0.394 e. The van der Waals surface area contributed by atoms with Crippen LogP contribution in [0.1, 0.15) is 30.6 Å². The lowest BCUT2D eigenvalue weighted by Gasteiger charge is -2.27. The predicted molar refractivity (Wildman–Crippen MR) is 77.3 cm³/mol. The molecule has 0 aliphatic heterocycles. The summed E-state index contributed by atoms with van der Waals surface area (Å²) in [7, 11) is 0. The van der Waals surface area contributed by atoms with Gasteiger partial charge in [0, 0.05) is 5.56 Å². The Morgan fingerprint density at radius 2 is 2.10 bits per heavy atom. The van der Waals surface area contributed by atoms with Crippen molar-refractivity contribution in [3.63, 3.8) is 0 Å². The third kappa shape index (κ3) is 2.88. The van der Waals surface area contributed by atoms with Crippen LogP contribution in [-0.2, 0) is 0 Å². The maximum atomic E-state index is 12.4. The molecule has 0 aliphatic rings. The summed E-state index contributed by atoms with van der Waals surface area (Å²) >= 11 is 0. The number of benzene rings is 1.